The van der Waals surface area contributed by atoms with Gasteiger partial charge in [0.2, 0.25) is 17.7 Å². The molecule has 0 aromatic heterocycles. The summed E-state index contributed by atoms with van der Waals surface area (Å²) < 4.78 is 0. The summed E-state index contributed by atoms with van der Waals surface area (Å²) in [5.74, 6) is -2.83. The Balaban J connectivity index is 3.79. The zero-order valence-electron chi connectivity index (χ0n) is 37.3. The van der Waals surface area contributed by atoms with Crippen molar-refractivity contribution in [3.05, 3.63) is 0 Å². The highest BCUT2D eigenvalue weighted by atomic mass is 16.2. The summed E-state index contributed by atoms with van der Waals surface area (Å²) in [5, 5.41) is 10.7. The fourth-order valence-electron chi connectivity index (χ4n) is 6.31. The minimum atomic E-state index is -1.25. The van der Waals surface area contributed by atoms with Crippen LogP contribution in [0.2, 0.25) is 0 Å². The van der Waals surface area contributed by atoms with Gasteiger partial charge in [-0.2, -0.15) is 0 Å². The van der Waals surface area contributed by atoms with Crippen molar-refractivity contribution in [1.82, 2.24) is 55.6 Å². The van der Waals surface area contributed by atoms with Gasteiger partial charge in [0.1, 0.15) is 18.6 Å². The molecule has 14 amide bonds. The van der Waals surface area contributed by atoms with Crippen molar-refractivity contribution in [2.24, 2.45) is 23.7 Å². The Labute approximate surface area is 343 Å². The molecular weight excluding hydrogens is 754 g/mol. The Morgan fingerprint density at radius 1 is 0.569 bits per heavy atom. The molecule has 1 rings (SSSR count). The van der Waals surface area contributed by atoms with Gasteiger partial charge in [-0.15, -0.1) is 0 Å². The maximum atomic E-state index is 14.1. The van der Waals surface area contributed by atoms with Crippen LogP contribution in [-0.2, 0) is 19.2 Å². The van der Waals surface area contributed by atoms with Crippen molar-refractivity contribution >= 4 is 53.8 Å². The lowest BCUT2D eigenvalue weighted by Gasteiger charge is -2.41. The molecule has 1 aliphatic rings. The summed E-state index contributed by atoms with van der Waals surface area (Å²) in [5.41, 5.74) is 0. The molecule has 20 heteroatoms. The molecule has 0 aromatic carbocycles. The van der Waals surface area contributed by atoms with Crippen LogP contribution in [0.25, 0.3) is 0 Å². The highest BCUT2D eigenvalue weighted by Gasteiger charge is 2.38. The molecule has 1 unspecified atom stereocenters. The van der Waals surface area contributed by atoms with Crippen molar-refractivity contribution in [2.45, 2.75) is 112 Å². The molecular formula is C38H69N11O9. The van der Waals surface area contributed by atoms with Crippen LogP contribution in [0, 0.1) is 23.7 Å². The summed E-state index contributed by atoms with van der Waals surface area (Å²) in [4.78, 5) is 128. The summed E-state index contributed by atoms with van der Waals surface area (Å²) in [6, 6.07) is -8.71. The molecule has 330 valence electrons. The van der Waals surface area contributed by atoms with Crippen molar-refractivity contribution < 1.29 is 43.2 Å². The minimum Gasteiger partial charge on any atom is -0.338 e. The average molecular weight is 824 g/mol. The zero-order valence-corrected chi connectivity index (χ0v) is 37.3. The van der Waals surface area contributed by atoms with Gasteiger partial charge in [-0.25, -0.2) is 33.8 Å². The number of likely N-dealkylation sites (N-methyl/N-ethyl adjacent to an activating group) is 4. The van der Waals surface area contributed by atoms with Crippen LogP contribution in [0.5, 0.6) is 0 Å². The molecule has 1 aliphatic heterocycles. The lowest BCUT2D eigenvalue weighted by molar-refractivity contribution is -0.141. The molecule has 5 atom stereocenters. The fraction of sp³-hybridized carbons (Fsp3) is 0.763. The number of imide groups is 5. The second-order valence-corrected chi connectivity index (χ2v) is 16.8. The number of rotatable bonds is 7. The van der Waals surface area contributed by atoms with Crippen LogP contribution in [0.15, 0.2) is 0 Å². The molecule has 0 aromatic rings. The molecule has 0 radical (unpaired) electrons. The third-order valence-electron chi connectivity index (χ3n) is 9.95. The van der Waals surface area contributed by atoms with Crippen LogP contribution in [-0.4, -0.2) is 174 Å². The summed E-state index contributed by atoms with van der Waals surface area (Å²) in [6.45, 7) is 16.3. The molecule has 1 saturated heterocycles. The standard InChI is InChI=1S/C38H69N11O9/c1-21(2)17-26-32(52)40-30(24(7)8)46(13)28(19-23(5)6)39-25(9)31(51)41-35(55)45(12)27(18-22(3)4)33(53)47(14)37(57)49(16)38(58)48(15)36(56)42-34(54)43(10)20-29(50)44(26)11/h21-28,30,39H,17-20H2,1-16H3,(H,40,52)(H,41,51,55)(H,42,54,56)/t25-,26+,27-,28-,30?/m1/s1. The smallest absolute Gasteiger partial charge is 0.335 e. The number of nitrogens with one attached hydrogen (secondary N) is 4. The first kappa shape index (κ1) is 51.2. The van der Waals surface area contributed by atoms with Gasteiger partial charge in [-0.05, 0) is 56.9 Å². The van der Waals surface area contributed by atoms with Crippen molar-refractivity contribution in [2.75, 3.05) is 55.9 Å². The lowest BCUT2D eigenvalue weighted by atomic mass is 10.00. The summed E-state index contributed by atoms with van der Waals surface area (Å²) in [6.07, 6.45) is -0.195. The van der Waals surface area contributed by atoms with E-state index in [2.05, 4.69) is 16.0 Å². The SMILES string of the molecule is CC(C)C[C@@H]1C(=O)N(C)C(=O)N(C)C(=O)N(C)C(=O)NC(=O)N(C)CC(=O)N(C)[C@@H](CC(C)C)C(=O)NC(C(C)C)N(C)[C@H](CC(C)C)N[C@H](C)C(=O)NC(=O)N1C. The van der Waals surface area contributed by atoms with Gasteiger partial charge < -0.3 is 20.0 Å². The number of urea groups is 5. The first-order valence-electron chi connectivity index (χ1n) is 19.6. The number of amides is 14. The van der Waals surface area contributed by atoms with Gasteiger partial charge in [-0.1, -0.05) is 55.4 Å². The second kappa shape index (κ2) is 22.3. The van der Waals surface area contributed by atoms with Gasteiger partial charge in [-0.3, -0.25) is 44.9 Å². The molecule has 0 saturated carbocycles. The van der Waals surface area contributed by atoms with Crippen LogP contribution >= 0.6 is 0 Å². The van der Waals surface area contributed by atoms with Crippen molar-refractivity contribution in [3.8, 4) is 0 Å². The van der Waals surface area contributed by atoms with Crippen LogP contribution in [0.1, 0.15) is 81.6 Å². The van der Waals surface area contributed by atoms with Crippen molar-refractivity contribution in [1.29, 1.82) is 0 Å². The fourth-order valence-corrected chi connectivity index (χ4v) is 6.31. The first-order valence-corrected chi connectivity index (χ1v) is 19.6. The monoisotopic (exact) mass is 824 g/mol. The molecule has 0 spiro atoms. The first-order chi connectivity index (χ1) is 26.6. The molecule has 58 heavy (non-hydrogen) atoms. The summed E-state index contributed by atoms with van der Waals surface area (Å²) in [7, 11) is 8.93. The number of carbonyl (C=O) groups is 9. The third kappa shape index (κ3) is 14.2. The van der Waals surface area contributed by atoms with Gasteiger partial charge >= 0.3 is 30.2 Å². The number of hydrogen-bond acceptors (Lipinski definition) is 11. The predicted octanol–water partition coefficient (Wildman–Crippen LogP) is 2.16. The van der Waals surface area contributed by atoms with E-state index < -0.39 is 90.8 Å². The van der Waals surface area contributed by atoms with Crippen LogP contribution < -0.4 is 21.3 Å². The molecule has 0 aliphatic carbocycles. The molecule has 4 N–H and O–H groups in total. The molecule has 1 fully saturated rings. The third-order valence-corrected chi connectivity index (χ3v) is 9.95. The minimum absolute atomic E-state index is 0.0201. The van der Waals surface area contributed by atoms with Gasteiger partial charge in [0.05, 0.1) is 18.4 Å². The van der Waals surface area contributed by atoms with Gasteiger partial charge in [0.15, 0.2) is 0 Å². The lowest BCUT2D eigenvalue weighted by Crippen LogP contribution is -2.63. The van der Waals surface area contributed by atoms with Gasteiger partial charge in [0, 0.05) is 42.3 Å². The van der Waals surface area contributed by atoms with E-state index >= 15 is 0 Å². The summed E-state index contributed by atoms with van der Waals surface area (Å²) >= 11 is 0. The Bertz CT molecular complexity index is 1520. The Morgan fingerprint density at radius 2 is 1.07 bits per heavy atom. The molecule has 20 nitrogen and oxygen atoms in total. The Hall–Kier alpha value is -4.85. The highest BCUT2D eigenvalue weighted by molar-refractivity contribution is 6.08. The topological polar surface area (TPSA) is 224 Å². The molecule has 0 bridgehead atoms. The largest absolute Gasteiger partial charge is 0.338 e. The maximum Gasteiger partial charge on any atom is 0.335 e. The van der Waals surface area contributed by atoms with E-state index in [1.54, 1.807) is 27.8 Å². The zero-order chi connectivity index (χ0) is 45.1. The van der Waals surface area contributed by atoms with Crippen molar-refractivity contribution in [3.63, 3.8) is 0 Å². The highest BCUT2D eigenvalue weighted by Crippen LogP contribution is 2.19. The van der Waals surface area contributed by atoms with Crippen LogP contribution in [0.3, 0.4) is 0 Å². The van der Waals surface area contributed by atoms with E-state index in [0.29, 0.717) is 21.1 Å². The normalized spacial score (nSPS) is 24.8. The number of hydrogen-bond donors (Lipinski definition) is 4. The quantitative estimate of drug-likeness (QED) is 0.291. The maximum absolute atomic E-state index is 14.1. The molecule has 1 heterocycles. The number of carbonyl (C=O) groups excluding carboxylic acids is 9. The van der Waals surface area contributed by atoms with Gasteiger partial charge in [0.25, 0.3) is 5.91 Å². The van der Waals surface area contributed by atoms with E-state index in [0.717, 1.165) is 30.9 Å². The average Bonchev–Trinajstić information content (AvgIpc) is 3.13. The number of nitrogens with zero attached hydrogens (tertiary/aromatic N) is 7. The predicted molar refractivity (Wildman–Crippen MR) is 217 cm³/mol. The second-order valence-electron chi connectivity index (χ2n) is 16.8. The van der Waals surface area contributed by atoms with E-state index in [1.165, 1.54) is 26.0 Å². The van der Waals surface area contributed by atoms with Crippen LogP contribution in [0.4, 0.5) is 24.0 Å². The Morgan fingerprint density at radius 3 is 1.57 bits per heavy atom. The van der Waals surface area contributed by atoms with E-state index in [-0.39, 0.29) is 36.5 Å². The van der Waals surface area contributed by atoms with E-state index in [9.17, 15) is 43.2 Å². The van der Waals surface area contributed by atoms with E-state index in [4.69, 9.17) is 0 Å². The van der Waals surface area contributed by atoms with E-state index in [1.807, 2.05) is 51.8 Å². The Kier molecular flexibility index (Phi) is 19.7.